The quantitative estimate of drug-likeness (QED) is 0.428. The Morgan fingerprint density at radius 2 is 2.67 bits per heavy atom. The van der Waals surface area contributed by atoms with E-state index in [2.05, 4.69) is 4.74 Å². The number of halogens is 1. The first-order chi connectivity index (χ1) is 2.89. The monoisotopic (exact) mass is 89.0 g/mol. The SMILES string of the molecule is FC1C[CH]CO1. The van der Waals surface area contributed by atoms with Gasteiger partial charge in [-0.1, -0.05) is 0 Å². The second-order valence-corrected chi connectivity index (χ2v) is 1.27. The van der Waals surface area contributed by atoms with Crippen LogP contribution in [0.2, 0.25) is 0 Å². The molecule has 1 unspecified atom stereocenters. The third-order valence-corrected chi connectivity index (χ3v) is 0.747. The Morgan fingerprint density at radius 1 is 1.83 bits per heavy atom. The summed E-state index contributed by atoms with van der Waals surface area (Å²) in [6.07, 6.45) is 1.25. The lowest BCUT2D eigenvalue weighted by Gasteiger charge is -1.89. The average molecular weight is 89.1 g/mol. The summed E-state index contributed by atoms with van der Waals surface area (Å²) in [7, 11) is 0. The van der Waals surface area contributed by atoms with Crippen molar-refractivity contribution in [2.45, 2.75) is 12.8 Å². The summed E-state index contributed by atoms with van der Waals surface area (Å²) in [5.41, 5.74) is 0. The van der Waals surface area contributed by atoms with Crippen LogP contribution in [0.5, 0.6) is 0 Å². The van der Waals surface area contributed by atoms with Gasteiger partial charge in [0.25, 0.3) is 0 Å². The molecule has 1 radical (unpaired) electrons. The zero-order valence-electron chi connectivity index (χ0n) is 3.36. The largest absolute Gasteiger partial charge is 0.348 e. The van der Waals surface area contributed by atoms with E-state index in [-0.39, 0.29) is 0 Å². The number of ether oxygens (including phenoxy) is 1. The highest BCUT2D eigenvalue weighted by atomic mass is 19.1. The van der Waals surface area contributed by atoms with Crippen LogP contribution in [0.15, 0.2) is 0 Å². The van der Waals surface area contributed by atoms with Crippen LogP contribution in [0.3, 0.4) is 0 Å². The van der Waals surface area contributed by atoms with Gasteiger partial charge >= 0.3 is 0 Å². The van der Waals surface area contributed by atoms with Crippen molar-refractivity contribution in [3.8, 4) is 0 Å². The molecule has 6 heavy (non-hydrogen) atoms. The zero-order chi connectivity index (χ0) is 4.41. The highest BCUT2D eigenvalue weighted by molar-refractivity contribution is 4.71. The fourth-order valence-corrected chi connectivity index (χ4v) is 0.440. The third kappa shape index (κ3) is 0.684. The summed E-state index contributed by atoms with van der Waals surface area (Å²) in [6, 6.07) is 0. The third-order valence-electron chi connectivity index (χ3n) is 0.747. The highest BCUT2D eigenvalue weighted by Gasteiger charge is 2.11. The molecular weight excluding hydrogens is 83.0 g/mol. The van der Waals surface area contributed by atoms with Gasteiger partial charge in [-0.05, 0) is 6.42 Å². The molecule has 0 N–H and O–H groups in total. The summed E-state index contributed by atoms with van der Waals surface area (Å²) in [5, 5.41) is 0. The molecule has 0 aliphatic carbocycles. The van der Waals surface area contributed by atoms with E-state index in [0.29, 0.717) is 13.0 Å². The van der Waals surface area contributed by atoms with E-state index in [4.69, 9.17) is 0 Å². The maximum absolute atomic E-state index is 11.7. The molecule has 1 saturated heterocycles. The summed E-state index contributed by atoms with van der Waals surface area (Å²) >= 11 is 0. The van der Waals surface area contributed by atoms with Gasteiger partial charge in [-0.2, -0.15) is 0 Å². The predicted octanol–water partition coefficient (Wildman–Crippen LogP) is 0.907. The molecule has 1 nitrogen and oxygen atoms in total. The lowest BCUT2D eigenvalue weighted by molar-refractivity contribution is 0.0101. The van der Waals surface area contributed by atoms with Gasteiger partial charge in [-0.15, -0.1) is 0 Å². The first-order valence-corrected chi connectivity index (χ1v) is 1.97. The van der Waals surface area contributed by atoms with Crippen LogP contribution >= 0.6 is 0 Å². The van der Waals surface area contributed by atoms with E-state index in [0.717, 1.165) is 0 Å². The average Bonchev–Trinajstić information content (AvgIpc) is 1.86. The minimum atomic E-state index is -1.01. The summed E-state index contributed by atoms with van der Waals surface area (Å²) in [4.78, 5) is 0. The zero-order valence-corrected chi connectivity index (χ0v) is 3.36. The molecule has 0 spiro atoms. The van der Waals surface area contributed by atoms with Crippen molar-refractivity contribution in [2.24, 2.45) is 0 Å². The minimum Gasteiger partial charge on any atom is -0.348 e. The van der Waals surface area contributed by atoms with Crippen LogP contribution in [0.1, 0.15) is 6.42 Å². The van der Waals surface area contributed by atoms with Crippen LogP contribution in [0.25, 0.3) is 0 Å². The Morgan fingerprint density at radius 3 is 2.83 bits per heavy atom. The normalized spacial score (nSPS) is 34.5. The van der Waals surface area contributed by atoms with E-state index in [1.807, 2.05) is 0 Å². The van der Waals surface area contributed by atoms with Crippen molar-refractivity contribution in [1.82, 2.24) is 0 Å². The van der Waals surface area contributed by atoms with E-state index in [1.54, 1.807) is 6.42 Å². The molecule has 0 aromatic carbocycles. The molecule has 1 atom stereocenters. The van der Waals surface area contributed by atoms with Gasteiger partial charge in [0.15, 0.2) is 6.36 Å². The molecule has 0 saturated carbocycles. The number of rotatable bonds is 0. The smallest absolute Gasteiger partial charge is 0.199 e. The van der Waals surface area contributed by atoms with Gasteiger partial charge in [-0.25, -0.2) is 4.39 Å². The van der Waals surface area contributed by atoms with Crippen molar-refractivity contribution in [1.29, 1.82) is 0 Å². The Kier molecular flexibility index (Phi) is 1.05. The maximum atomic E-state index is 11.7. The topological polar surface area (TPSA) is 9.23 Å². The molecule has 0 amide bonds. The van der Waals surface area contributed by atoms with Gasteiger partial charge in [-0.3, -0.25) is 0 Å². The number of hydrogen-bond acceptors (Lipinski definition) is 1. The predicted molar refractivity (Wildman–Crippen MR) is 19.8 cm³/mol. The van der Waals surface area contributed by atoms with Crippen molar-refractivity contribution >= 4 is 0 Å². The second kappa shape index (κ2) is 1.56. The molecular formula is C4H6FO. The Labute approximate surface area is 36.1 Å². The lowest BCUT2D eigenvalue weighted by atomic mass is 10.4. The van der Waals surface area contributed by atoms with Gasteiger partial charge in [0.05, 0.1) is 6.61 Å². The Hall–Kier alpha value is -0.110. The molecule has 1 aliphatic heterocycles. The van der Waals surface area contributed by atoms with Crippen molar-refractivity contribution in [3.63, 3.8) is 0 Å². The number of alkyl halides is 1. The summed E-state index contributed by atoms with van der Waals surface area (Å²) < 4.78 is 16.1. The molecule has 1 aliphatic rings. The Balaban J connectivity index is 2.18. The molecule has 0 aromatic rings. The number of hydrogen-bond donors (Lipinski definition) is 0. The van der Waals surface area contributed by atoms with Crippen molar-refractivity contribution < 1.29 is 9.13 Å². The lowest BCUT2D eigenvalue weighted by Crippen LogP contribution is -1.91. The fourth-order valence-electron chi connectivity index (χ4n) is 0.440. The maximum Gasteiger partial charge on any atom is 0.199 e. The van der Waals surface area contributed by atoms with Crippen LogP contribution in [-0.4, -0.2) is 13.0 Å². The molecule has 1 fully saturated rings. The van der Waals surface area contributed by atoms with Crippen molar-refractivity contribution in [3.05, 3.63) is 6.42 Å². The van der Waals surface area contributed by atoms with E-state index >= 15 is 0 Å². The standard InChI is InChI=1S/C4H6FO/c5-4-2-1-3-6-4/h1,4H,2-3H2. The Bertz CT molecular complexity index is 40.8. The van der Waals surface area contributed by atoms with Crippen LogP contribution in [-0.2, 0) is 4.74 Å². The van der Waals surface area contributed by atoms with Gasteiger partial charge in [0.1, 0.15) is 0 Å². The minimum absolute atomic E-state index is 0.472. The van der Waals surface area contributed by atoms with Gasteiger partial charge in [0, 0.05) is 6.42 Å². The molecule has 1 rings (SSSR count). The highest BCUT2D eigenvalue weighted by Crippen LogP contribution is 2.10. The molecule has 2 heteroatoms. The molecule has 0 aromatic heterocycles. The summed E-state index contributed by atoms with van der Waals surface area (Å²) in [6.45, 7) is 0.487. The van der Waals surface area contributed by atoms with Gasteiger partial charge in [0.2, 0.25) is 0 Å². The van der Waals surface area contributed by atoms with E-state index in [9.17, 15) is 4.39 Å². The van der Waals surface area contributed by atoms with Gasteiger partial charge < -0.3 is 4.74 Å². The van der Waals surface area contributed by atoms with Crippen LogP contribution < -0.4 is 0 Å². The van der Waals surface area contributed by atoms with E-state index in [1.165, 1.54) is 0 Å². The first-order valence-electron chi connectivity index (χ1n) is 1.97. The molecule has 0 bridgehead atoms. The van der Waals surface area contributed by atoms with E-state index < -0.39 is 6.36 Å². The van der Waals surface area contributed by atoms with Crippen molar-refractivity contribution in [2.75, 3.05) is 6.61 Å². The van der Waals surface area contributed by atoms with Crippen LogP contribution in [0.4, 0.5) is 4.39 Å². The fraction of sp³-hybridized carbons (Fsp3) is 0.750. The van der Waals surface area contributed by atoms with Crippen LogP contribution in [0, 0.1) is 6.42 Å². The molecule has 1 heterocycles. The second-order valence-electron chi connectivity index (χ2n) is 1.27. The first kappa shape index (κ1) is 4.06. The summed E-state index contributed by atoms with van der Waals surface area (Å²) in [5.74, 6) is 0. The molecule has 35 valence electrons.